The molecule has 2 rings (SSSR count). The van der Waals surface area contributed by atoms with E-state index in [2.05, 4.69) is 10.1 Å². The first kappa shape index (κ1) is 10.6. The van der Waals surface area contributed by atoms with Crippen LogP contribution in [0.1, 0.15) is 30.3 Å². The van der Waals surface area contributed by atoms with Crippen LogP contribution in [-0.2, 0) is 6.42 Å². The Morgan fingerprint density at radius 2 is 2.12 bits per heavy atom. The summed E-state index contributed by atoms with van der Waals surface area (Å²) in [4.78, 5) is 4.01. The number of phenols is 1. The van der Waals surface area contributed by atoms with Gasteiger partial charge in [-0.05, 0) is 13.0 Å². The first-order valence-electron chi connectivity index (χ1n) is 4.94. The molecule has 0 amide bonds. The number of hydrogen-bond donors (Lipinski definition) is 2. The Morgan fingerprint density at radius 1 is 1.38 bits per heavy atom. The van der Waals surface area contributed by atoms with Crippen LogP contribution in [0.25, 0.3) is 0 Å². The number of aliphatic hydroxyl groups excluding tert-OH is 1. The highest BCUT2D eigenvalue weighted by Crippen LogP contribution is 2.19. The van der Waals surface area contributed by atoms with Crippen molar-refractivity contribution < 1.29 is 14.7 Å². The molecule has 0 saturated carbocycles. The summed E-state index contributed by atoms with van der Waals surface area (Å²) < 4.78 is 4.95. The normalized spacial score (nSPS) is 12.6. The van der Waals surface area contributed by atoms with E-state index in [1.807, 2.05) is 6.07 Å². The lowest BCUT2D eigenvalue weighted by atomic mass is 10.1. The third kappa shape index (κ3) is 2.20. The molecule has 1 aromatic heterocycles. The molecule has 0 saturated heterocycles. The molecule has 2 N–H and O–H groups in total. The zero-order valence-electron chi connectivity index (χ0n) is 8.79. The summed E-state index contributed by atoms with van der Waals surface area (Å²) in [5, 5.41) is 22.4. The van der Waals surface area contributed by atoms with E-state index < -0.39 is 6.10 Å². The molecule has 1 aromatic carbocycles. The summed E-state index contributed by atoms with van der Waals surface area (Å²) in [5.74, 6) is 0.821. The quantitative estimate of drug-likeness (QED) is 0.817. The van der Waals surface area contributed by atoms with E-state index in [-0.39, 0.29) is 11.6 Å². The van der Waals surface area contributed by atoms with Gasteiger partial charge < -0.3 is 14.7 Å². The Hall–Kier alpha value is -1.88. The Labute approximate surface area is 92.4 Å². The minimum absolute atomic E-state index is 0.194. The fraction of sp³-hybridized carbons (Fsp3) is 0.273. The molecule has 0 aliphatic carbocycles. The molecular formula is C11H12N2O3. The predicted molar refractivity (Wildman–Crippen MR) is 55.8 cm³/mol. The van der Waals surface area contributed by atoms with Crippen LogP contribution in [0.4, 0.5) is 0 Å². The lowest BCUT2D eigenvalue weighted by molar-refractivity contribution is 0.184. The van der Waals surface area contributed by atoms with E-state index in [4.69, 9.17) is 4.52 Å². The molecule has 1 heterocycles. The van der Waals surface area contributed by atoms with Crippen molar-refractivity contribution in [3.63, 3.8) is 0 Å². The number of benzene rings is 1. The number of aromatic nitrogens is 2. The maximum absolute atomic E-state index is 9.55. The van der Waals surface area contributed by atoms with E-state index in [0.29, 0.717) is 17.9 Å². The Morgan fingerprint density at radius 3 is 2.75 bits per heavy atom. The lowest BCUT2D eigenvalue weighted by Gasteiger charge is -1.99. The predicted octanol–water partition coefficient (Wildman–Crippen LogP) is 1.42. The second-order valence-corrected chi connectivity index (χ2v) is 3.53. The van der Waals surface area contributed by atoms with Gasteiger partial charge in [0.15, 0.2) is 5.82 Å². The molecule has 5 nitrogen and oxygen atoms in total. The van der Waals surface area contributed by atoms with Gasteiger partial charge in [-0.3, -0.25) is 0 Å². The number of para-hydroxylation sites is 1. The van der Waals surface area contributed by atoms with Gasteiger partial charge in [0.2, 0.25) is 5.89 Å². The first-order valence-corrected chi connectivity index (χ1v) is 4.94. The molecule has 0 aliphatic rings. The molecule has 0 spiro atoms. The smallest absolute Gasteiger partial charge is 0.231 e. The van der Waals surface area contributed by atoms with Gasteiger partial charge in [0.25, 0.3) is 0 Å². The van der Waals surface area contributed by atoms with Gasteiger partial charge in [0.05, 0.1) is 6.42 Å². The second-order valence-electron chi connectivity index (χ2n) is 3.53. The zero-order chi connectivity index (χ0) is 11.5. The van der Waals surface area contributed by atoms with Crippen molar-refractivity contribution in [3.8, 4) is 5.75 Å². The fourth-order valence-electron chi connectivity index (χ4n) is 1.33. The lowest BCUT2D eigenvalue weighted by Crippen LogP contribution is -1.94. The molecular weight excluding hydrogens is 208 g/mol. The largest absolute Gasteiger partial charge is 0.508 e. The number of aliphatic hydroxyl groups is 1. The van der Waals surface area contributed by atoms with Crippen LogP contribution in [0.5, 0.6) is 5.75 Å². The Kier molecular flexibility index (Phi) is 2.87. The van der Waals surface area contributed by atoms with Gasteiger partial charge in [0.1, 0.15) is 11.9 Å². The van der Waals surface area contributed by atoms with Crippen LogP contribution >= 0.6 is 0 Å². The van der Waals surface area contributed by atoms with E-state index in [1.165, 1.54) is 0 Å². The van der Waals surface area contributed by atoms with Gasteiger partial charge in [0, 0.05) is 5.56 Å². The van der Waals surface area contributed by atoms with Crippen molar-refractivity contribution in [2.24, 2.45) is 0 Å². The summed E-state index contributed by atoms with van der Waals surface area (Å²) in [5.41, 5.74) is 0.711. The van der Waals surface area contributed by atoms with Crippen LogP contribution in [0.15, 0.2) is 28.8 Å². The van der Waals surface area contributed by atoms with Crippen molar-refractivity contribution in [1.29, 1.82) is 0 Å². The van der Waals surface area contributed by atoms with Crippen molar-refractivity contribution >= 4 is 0 Å². The van der Waals surface area contributed by atoms with Crippen LogP contribution < -0.4 is 0 Å². The third-order valence-corrected chi connectivity index (χ3v) is 2.19. The highest BCUT2D eigenvalue weighted by Gasteiger charge is 2.12. The Bertz CT molecular complexity index is 480. The van der Waals surface area contributed by atoms with Crippen LogP contribution in [0.3, 0.4) is 0 Å². The van der Waals surface area contributed by atoms with E-state index in [0.717, 1.165) is 0 Å². The molecule has 0 radical (unpaired) electrons. The van der Waals surface area contributed by atoms with Gasteiger partial charge >= 0.3 is 0 Å². The fourth-order valence-corrected chi connectivity index (χ4v) is 1.33. The summed E-state index contributed by atoms with van der Waals surface area (Å²) in [7, 11) is 0. The van der Waals surface area contributed by atoms with Crippen LogP contribution in [0, 0.1) is 0 Å². The highest BCUT2D eigenvalue weighted by molar-refractivity contribution is 5.33. The average Bonchev–Trinajstić information content (AvgIpc) is 2.70. The monoisotopic (exact) mass is 220 g/mol. The average molecular weight is 220 g/mol. The van der Waals surface area contributed by atoms with Crippen molar-refractivity contribution in [3.05, 3.63) is 41.5 Å². The topological polar surface area (TPSA) is 79.4 Å². The zero-order valence-corrected chi connectivity index (χ0v) is 8.79. The number of aromatic hydroxyl groups is 1. The summed E-state index contributed by atoms with van der Waals surface area (Å²) >= 11 is 0. The highest BCUT2D eigenvalue weighted by atomic mass is 16.5. The first-order chi connectivity index (χ1) is 7.66. The molecule has 1 unspecified atom stereocenters. The third-order valence-electron chi connectivity index (χ3n) is 2.19. The molecule has 1 atom stereocenters. The van der Waals surface area contributed by atoms with Crippen molar-refractivity contribution in [2.45, 2.75) is 19.4 Å². The number of hydrogen-bond acceptors (Lipinski definition) is 5. The molecule has 16 heavy (non-hydrogen) atoms. The maximum Gasteiger partial charge on any atom is 0.231 e. The standard InChI is InChI=1S/C11H12N2O3/c1-7(14)11-12-10(16-13-11)6-8-4-2-3-5-9(8)15/h2-5,7,14-15H,6H2,1H3. The van der Waals surface area contributed by atoms with E-state index >= 15 is 0 Å². The van der Waals surface area contributed by atoms with Crippen molar-refractivity contribution in [2.75, 3.05) is 0 Å². The van der Waals surface area contributed by atoms with Crippen LogP contribution in [0.2, 0.25) is 0 Å². The number of nitrogens with zero attached hydrogens (tertiary/aromatic N) is 2. The van der Waals surface area contributed by atoms with Crippen LogP contribution in [-0.4, -0.2) is 20.4 Å². The molecule has 0 aliphatic heterocycles. The maximum atomic E-state index is 9.55. The van der Waals surface area contributed by atoms with Gasteiger partial charge in [-0.25, -0.2) is 0 Å². The number of rotatable bonds is 3. The summed E-state index contributed by atoms with van der Waals surface area (Å²) in [6.07, 6.45) is -0.395. The molecule has 2 aromatic rings. The molecule has 84 valence electrons. The summed E-state index contributed by atoms with van der Waals surface area (Å²) in [6, 6.07) is 6.94. The van der Waals surface area contributed by atoms with Gasteiger partial charge in [-0.15, -0.1) is 0 Å². The van der Waals surface area contributed by atoms with E-state index in [1.54, 1.807) is 25.1 Å². The SMILES string of the molecule is CC(O)c1noc(Cc2ccccc2O)n1. The minimum atomic E-state index is -0.748. The molecule has 0 fully saturated rings. The van der Waals surface area contributed by atoms with Gasteiger partial charge in [-0.1, -0.05) is 23.4 Å². The minimum Gasteiger partial charge on any atom is -0.508 e. The number of phenolic OH excluding ortho intramolecular Hbond substituents is 1. The molecule has 0 bridgehead atoms. The van der Waals surface area contributed by atoms with Gasteiger partial charge in [-0.2, -0.15) is 4.98 Å². The van der Waals surface area contributed by atoms with E-state index in [9.17, 15) is 10.2 Å². The molecule has 5 heteroatoms. The summed E-state index contributed by atoms with van der Waals surface area (Å²) in [6.45, 7) is 1.56. The van der Waals surface area contributed by atoms with Crippen molar-refractivity contribution in [1.82, 2.24) is 10.1 Å². The second kappa shape index (κ2) is 4.32. The Balaban J connectivity index is 2.18.